The molecule has 0 aliphatic heterocycles. The van der Waals surface area contributed by atoms with Gasteiger partial charge in [0, 0.05) is 6.54 Å². The summed E-state index contributed by atoms with van der Waals surface area (Å²) in [5.41, 5.74) is 2.65. The molecule has 2 nitrogen and oxygen atoms in total. The van der Waals surface area contributed by atoms with Crippen molar-refractivity contribution in [3.63, 3.8) is 0 Å². The van der Waals surface area contributed by atoms with Crippen molar-refractivity contribution >= 4 is 0 Å². The van der Waals surface area contributed by atoms with Crippen molar-refractivity contribution in [3.8, 4) is 0 Å². The van der Waals surface area contributed by atoms with Gasteiger partial charge in [-0.3, -0.25) is 0 Å². The fourth-order valence-electron chi connectivity index (χ4n) is 2.57. The lowest BCUT2D eigenvalue weighted by molar-refractivity contribution is 0.101. The Morgan fingerprint density at radius 2 is 2.00 bits per heavy atom. The predicted octanol–water partition coefficient (Wildman–Crippen LogP) is 2.64. The SMILES string of the molecule is Cc1ccc(CNCC2CCCC(O)C2)cc1. The summed E-state index contributed by atoms with van der Waals surface area (Å²) in [6, 6.07) is 8.67. The zero-order valence-electron chi connectivity index (χ0n) is 10.7. The summed E-state index contributed by atoms with van der Waals surface area (Å²) in [7, 11) is 0. The van der Waals surface area contributed by atoms with E-state index in [1.807, 2.05) is 0 Å². The van der Waals surface area contributed by atoms with E-state index < -0.39 is 0 Å². The minimum Gasteiger partial charge on any atom is -0.393 e. The van der Waals surface area contributed by atoms with Crippen molar-refractivity contribution < 1.29 is 5.11 Å². The smallest absolute Gasteiger partial charge is 0.0543 e. The molecule has 1 aliphatic carbocycles. The van der Waals surface area contributed by atoms with Crippen molar-refractivity contribution in [2.75, 3.05) is 6.54 Å². The number of aryl methyl sites for hydroxylation is 1. The molecule has 1 fully saturated rings. The largest absolute Gasteiger partial charge is 0.393 e. The van der Waals surface area contributed by atoms with Gasteiger partial charge >= 0.3 is 0 Å². The number of hydrogen-bond acceptors (Lipinski definition) is 2. The molecule has 94 valence electrons. The third-order valence-corrected chi connectivity index (χ3v) is 3.64. The number of nitrogens with one attached hydrogen (secondary N) is 1. The van der Waals surface area contributed by atoms with Crippen LogP contribution in [0.5, 0.6) is 0 Å². The number of rotatable bonds is 4. The van der Waals surface area contributed by atoms with Crippen LogP contribution in [0, 0.1) is 12.8 Å². The second kappa shape index (κ2) is 6.18. The second-order valence-corrected chi connectivity index (χ2v) is 5.30. The van der Waals surface area contributed by atoms with E-state index in [4.69, 9.17) is 0 Å². The van der Waals surface area contributed by atoms with Crippen molar-refractivity contribution in [2.45, 2.75) is 45.3 Å². The van der Waals surface area contributed by atoms with E-state index in [2.05, 4.69) is 36.5 Å². The van der Waals surface area contributed by atoms with Crippen LogP contribution in [0.2, 0.25) is 0 Å². The summed E-state index contributed by atoms with van der Waals surface area (Å²) in [6.45, 7) is 4.08. The van der Waals surface area contributed by atoms with Gasteiger partial charge in [0.25, 0.3) is 0 Å². The lowest BCUT2D eigenvalue weighted by Crippen LogP contribution is -2.28. The van der Waals surface area contributed by atoms with E-state index >= 15 is 0 Å². The molecule has 2 unspecified atom stereocenters. The van der Waals surface area contributed by atoms with Gasteiger partial charge in [-0.05, 0) is 44.2 Å². The molecular weight excluding hydrogens is 210 g/mol. The van der Waals surface area contributed by atoms with Crippen LogP contribution in [0.3, 0.4) is 0 Å². The Labute approximate surface area is 104 Å². The Kier molecular flexibility index (Phi) is 4.57. The van der Waals surface area contributed by atoms with Gasteiger partial charge in [0.1, 0.15) is 0 Å². The molecule has 17 heavy (non-hydrogen) atoms. The number of hydrogen-bond donors (Lipinski definition) is 2. The Morgan fingerprint density at radius 1 is 1.24 bits per heavy atom. The van der Waals surface area contributed by atoms with Gasteiger partial charge in [0.05, 0.1) is 6.10 Å². The first-order valence-electron chi connectivity index (χ1n) is 6.68. The maximum Gasteiger partial charge on any atom is 0.0543 e. The van der Waals surface area contributed by atoms with Crippen molar-refractivity contribution in [2.24, 2.45) is 5.92 Å². The molecule has 2 N–H and O–H groups in total. The van der Waals surface area contributed by atoms with E-state index in [0.29, 0.717) is 5.92 Å². The van der Waals surface area contributed by atoms with Gasteiger partial charge in [-0.15, -0.1) is 0 Å². The molecule has 0 saturated heterocycles. The molecule has 0 amide bonds. The van der Waals surface area contributed by atoms with Crippen LogP contribution >= 0.6 is 0 Å². The lowest BCUT2D eigenvalue weighted by Gasteiger charge is -2.26. The molecular formula is C15H23NO. The predicted molar refractivity (Wildman–Crippen MR) is 70.9 cm³/mol. The molecule has 2 heteroatoms. The van der Waals surface area contributed by atoms with Crippen LogP contribution < -0.4 is 5.32 Å². The molecule has 1 aliphatic rings. The second-order valence-electron chi connectivity index (χ2n) is 5.30. The number of benzene rings is 1. The minimum atomic E-state index is -0.0603. The van der Waals surface area contributed by atoms with Crippen molar-refractivity contribution in [1.29, 1.82) is 0 Å². The normalized spacial score (nSPS) is 24.8. The van der Waals surface area contributed by atoms with Gasteiger partial charge in [-0.2, -0.15) is 0 Å². The minimum absolute atomic E-state index is 0.0603. The first-order valence-corrected chi connectivity index (χ1v) is 6.68. The molecule has 0 bridgehead atoms. The molecule has 2 atom stereocenters. The first-order chi connectivity index (χ1) is 8.24. The van der Waals surface area contributed by atoms with Crippen LogP contribution in [0.4, 0.5) is 0 Å². The molecule has 2 rings (SSSR count). The van der Waals surface area contributed by atoms with E-state index in [1.165, 1.54) is 24.0 Å². The lowest BCUT2D eigenvalue weighted by atomic mass is 9.87. The van der Waals surface area contributed by atoms with Crippen LogP contribution in [0.15, 0.2) is 24.3 Å². The van der Waals surface area contributed by atoms with E-state index in [0.717, 1.165) is 25.9 Å². The standard InChI is InChI=1S/C15H23NO/c1-12-5-7-13(8-6-12)10-16-11-14-3-2-4-15(17)9-14/h5-8,14-17H,2-4,9-11H2,1H3. The highest BCUT2D eigenvalue weighted by molar-refractivity contribution is 5.21. The molecule has 0 heterocycles. The molecule has 0 spiro atoms. The van der Waals surface area contributed by atoms with Gasteiger partial charge < -0.3 is 10.4 Å². The Balaban J connectivity index is 1.70. The van der Waals surface area contributed by atoms with Crippen molar-refractivity contribution in [3.05, 3.63) is 35.4 Å². The summed E-state index contributed by atoms with van der Waals surface area (Å²) in [5.74, 6) is 0.657. The Morgan fingerprint density at radius 3 is 2.71 bits per heavy atom. The third-order valence-electron chi connectivity index (χ3n) is 3.64. The fourth-order valence-corrected chi connectivity index (χ4v) is 2.57. The third kappa shape index (κ3) is 4.14. The van der Waals surface area contributed by atoms with Gasteiger partial charge in [0.15, 0.2) is 0 Å². The summed E-state index contributed by atoms with van der Waals surface area (Å²) >= 11 is 0. The number of aliphatic hydroxyl groups excluding tert-OH is 1. The highest BCUT2D eigenvalue weighted by Crippen LogP contribution is 2.23. The van der Waals surface area contributed by atoms with Gasteiger partial charge in [-0.1, -0.05) is 36.2 Å². The summed E-state index contributed by atoms with van der Waals surface area (Å²) in [4.78, 5) is 0. The monoisotopic (exact) mass is 233 g/mol. The van der Waals surface area contributed by atoms with Crippen LogP contribution in [0.1, 0.15) is 36.8 Å². The average molecular weight is 233 g/mol. The highest BCUT2D eigenvalue weighted by Gasteiger charge is 2.19. The maximum atomic E-state index is 9.60. The average Bonchev–Trinajstić information content (AvgIpc) is 2.32. The molecule has 1 aromatic carbocycles. The zero-order chi connectivity index (χ0) is 12.1. The fraction of sp³-hybridized carbons (Fsp3) is 0.600. The summed E-state index contributed by atoms with van der Waals surface area (Å²) in [5, 5.41) is 13.1. The van der Waals surface area contributed by atoms with Crippen LogP contribution in [-0.2, 0) is 6.54 Å². The van der Waals surface area contributed by atoms with Crippen molar-refractivity contribution in [1.82, 2.24) is 5.32 Å². The van der Waals surface area contributed by atoms with Gasteiger partial charge in [-0.25, -0.2) is 0 Å². The van der Waals surface area contributed by atoms with E-state index in [9.17, 15) is 5.11 Å². The topological polar surface area (TPSA) is 32.3 Å². The Hall–Kier alpha value is -0.860. The number of aliphatic hydroxyl groups is 1. The summed E-state index contributed by atoms with van der Waals surface area (Å²) in [6.07, 6.45) is 4.35. The maximum absolute atomic E-state index is 9.60. The molecule has 0 aromatic heterocycles. The quantitative estimate of drug-likeness (QED) is 0.838. The van der Waals surface area contributed by atoms with E-state index in [1.54, 1.807) is 0 Å². The van der Waals surface area contributed by atoms with Crippen LogP contribution in [-0.4, -0.2) is 17.8 Å². The molecule has 1 saturated carbocycles. The Bertz CT molecular complexity index is 333. The highest BCUT2D eigenvalue weighted by atomic mass is 16.3. The van der Waals surface area contributed by atoms with E-state index in [-0.39, 0.29) is 6.10 Å². The molecule has 0 radical (unpaired) electrons. The van der Waals surface area contributed by atoms with Gasteiger partial charge in [0.2, 0.25) is 0 Å². The first kappa shape index (κ1) is 12.6. The summed E-state index contributed by atoms with van der Waals surface area (Å²) < 4.78 is 0. The molecule has 1 aromatic rings. The zero-order valence-corrected chi connectivity index (χ0v) is 10.7. The van der Waals surface area contributed by atoms with Crippen LogP contribution in [0.25, 0.3) is 0 Å².